The van der Waals surface area contributed by atoms with Gasteiger partial charge in [0.1, 0.15) is 30.2 Å². The number of hydrogen-bond donors (Lipinski definition) is 5. The van der Waals surface area contributed by atoms with Crippen LogP contribution in [0, 0.1) is 0 Å². The highest BCUT2D eigenvalue weighted by Gasteiger charge is 2.54. The van der Waals surface area contributed by atoms with E-state index < -0.39 is 79.2 Å². The quantitative estimate of drug-likeness (QED) is 0.162. The molecule has 0 spiro atoms. The van der Waals surface area contributed by atoms with E-state index in [2.05, 4.69) is 23.6 Å². The van der Waals surface area contributed by atoms with E-state index in [0.717, 1.165) is 5.56 Å². The highest BCUT2D eigenvalue weighted by molar-refractivity contribution is 7.68. The lowest BCUT2D eigenvalue weighted by Crippen LogP contribution is -2.31. The molecule has 5 unspecified atom stereocenters. The number of rotatable bonds is 13. The third kappa shape index (κ3) is 7.72. The molecule has 2 aliphatic rings. The summed E-state index contributed by atoms with van der Waals surface area (Å²) in [6, 6.07) is 9.30. The van der Waals surface area contributed by atoms with Crippen molar-refractivity contribution in [2.45, 2.75) is 43.7 Å². The molecule has 2 fully saturated rings. The number of phosphoric ester groups is 1. The first-order valence-corrected chi connectivity index (χ1v) is 17.2. The van der Waals surface area contributed by atoms with Gasteiger partial charge in [0.15, 0.2) is 24.0 Å². The second kappa shape index (κ2) is 12.4. The molecule has 234 valence electrons. The number of carboxylic acids is 1. The number of nitrogens with zero attached hydrogens (tertiary/aromatic N) is 4. The Bertz CT molecular complexity index is 1630. The molecule has 4 heterocycles. The average molecular weight is 665 g/mol. The van der Waals surface area contributed by atoms with Gasteiger partial charge in [0.2, 0.25) is 0 Å². The highest BCUT2D eigenvalue weighted by atomic mass is 31.3. The zero-order chi connectivity index (χ0) is 31.0. The molecule has 0 bridgehead atoms. The molecule has 0 aliphatic carbocycles. The van der Waals surface area contributed by atoms with E-state index in [1.165, 1.54) is 17.2 Å². The van der Waals surface area contributed by atoms with Gasteiger partial charge in [0.25, 0.3) is 0 Å². The number of imidazole rings is 1. The predicted molar refractivity (Wildman–Crippen MR) is 142 cm³/mol. The molecule has 0 saturated carbocycles. The lowest BCUT2D eigenvalue weighted by molar-refractivity contribution is -0.149. The van der Waals surface area contributed by atoms with Gasteiger partial charge in [-0.2, -0.15) is 4.31 Å². The Morgan fingerprint density at radius 3 is 2.42 bits per heavy atom. The summed E-state index contributed by atoms with van der Waals surface area (Å²) in [7, 11) is -16.1. The number of ether oxygens (including phenoxy) is 3. The van der Waals surface area contributed by atoms with E-state index in [1.54, 1.807) is 0 Å². The standard InChI is InChI=1S/C21H26N5O14P3/c22-19-16-20(24-10-23-19)26(11-25-16)21-18-17(37-15(38-18)8-12-4-2-1-3-5-12)13(36-21)9-35-42(31,32)40-43(33,34)39-41(29,30)7-6-14(27)28/h1-5,10-11,13,15,17-18,21H,6-9H2,(H,27,28)(H,29,30)(H,31,32)(H,33,34)(H2,22,23,24)/t13-,15?,17+,18?,21-/m1/s1. The van der Waals surface area contributed by atoms with Crippen LogP contribution in [0.25, 0.3) is 11.2 Å². The highest BCUT2D eigenvalue weighted by Crippen LogP contribution is 2.67. The molecule has 0 radical (unpaired) electrons. The number of phosphoric acid groups is 2. The molecular weight excluding hydrogens is 639 g/mol. The van der Waals surface area contributed by atoms with Gasteiger partial charge in [-0.1, -0.05) is 30.3 Å². The first-order chi connectivity index (χ1) is 20.2. The van der Waals surface area contributed by atoms with Gasteiger partial charge in [-0.15, -0.1) is 0 Å². The van der Waals surface area contributed by atoms with Crippen LogP contribution in [0.15, 0.2) is 43.0 Å². The Morgan fingerprint density at radius 2 is 1.70 bits per heavy atom. The molecule has 2 aromatic heterocycles. The van der Waals surface area contributed by atoms with Gasteiger partial charge in [-0.25, -0.2) is 28.4 Å². The Hall–Kier alpha value is -2.63. The summed E-state index contributed by atoms with van der Waals surface area (Å²) in [5.41, 5.74) is 7.40. The van der Waals surface area contributed by atoms with Crippen LogP contribution in [0.2, 0.25) is 0 Å². The third-order valence-corrected chi connectivity index (χ3v) is 11.0. The molecular formula is C21H26N5O14P3. The molecule has 2 saturated heterocycles. The van der Waals surface area contributed by atoms with E-state index in [1.807, 2.05) is 30.3 Å². The topological polar surface area (TPSA) is 274 Å². The zero-order valence-corrected chi connectivity index (χ0v) is 24.5. The SMILES string of the molecule is Nc1ncnc2c1ncn2[C@@H]1O[C@H](COP(=O)(O)OP(=O)(O)OP(=O)(O)CCC(=O)O)[C@@H]2OC(Cc3ccccc3)OC21. The largest absolute Gasteiger partial charge is 0.488 e. The summed E-state index contributed by atoms with van der Waals surface area (Å²) in [6.07, 6.45) is -3.49. The second-order valence-electron chi connectivity index (χ2n) is 9.37. The molecule has 22 heteroatoms. The van der Waals surface area contributed by atoms with Crippen molar-refractivity contribution in [1.29, 1.82) is 0 Å². The summed E-state index contributed by atoms with van der Waals surface area (Å²) in [5.74, 6) is -1.37. The number of aliphatic carboxylic acids is 1. The zero-order valence-electron chi connectivity index (χ0n) is 21.8. The number of fused-ring (bicyclic) bond motifs is 2. The Labute approximate surface area is 242 Å². The number of nitrogens with two attached hydrogens (primary N) is 1. The first kappa shape index (κ1) is 31.8. The van der Waals surface area contributed by atoms with E-state index >= 15 is 0 Å². The van der Waals surface area contributed by atoms with Gasteiger partial charge in [0.05, 0.1) is 25.5 Å². The van der Waals surface area contributed by atoms with E-state index in [0.29, 0.717) is 17.6 Å². The van der Waals surface area contributed by atoms with E-state index in [-0.39, 0.29) is 5.82 Å². The summed E-state index contributed by atoms with van der Waals surface area (Å²) >= 11 is 0. The number of carboxylic acid groups (broad SMARTS) is 1. The van der Waals surface area contributed by atoms with Gasteiger partial charge < -0.3 is 39.7 Å². The van der Waals surface area contributed by atoms with Crippen molar-refractivity contribution in [2.24, 2.45) is 0 Å². The molecule has 3 aromatic rings. The van der Waals surface area contributed by atoms with Crippen LogP contribution in [-0.2, 0) is 52.3 Å². The van der Waals surface area contributed by atoms with Crippen molar-refractivity contribution >= 4 is 46.2 Å². The molecule has 6 N–H and O–H groups in total. The van der Waals surface area contributed by atoms with Gasteiger partial charge in [-0.05, 0) is 5.56 Å². The van der Waals surface area contributed by atoms with Crippen molar-refractivity contribution in [1.82, 2.24) is 19.5 Å². The Morgan fingerprint density at radius 1 is 0.977 bits per heavy atom. The van der Waals surface area contributed by atoms with Crippen molar-refractivity contribution in [2.75, 3.05) is 18.5 Å². The Kier molecular flexibility index (Phi) is 9.17. The maximum absolute atomic E-state index is 12.5. The maximum atomic E-state index is 12.5. The summed E-state index contributed by atoms with van der Waals surface area (Å²) < 4.78 is 69.4. The lowest BCUT2D eigenvalue weighted by Gasteiger charge is -2.22. The minimum absolute atomic E-state index is 0.119. The number of anilines is 1. The smallest absolute Gasteiger partial charge is 0.481 e. The molecule has 8 atom stereocenters. The molecule has 1 aromatic carbocycles. The molecule has 19 nitrogen and oxygen atoms in total. The monoisotopic (exact) mass is 665 g/mol. The van der Waals surface area contributed by atoms with Crippen LogP contribution in [-0.4, -0.2) is 82.6 Å². The van der Waals surface area contributed by atoms with Gasteiger partial charge in [0, 0.05) is 6.42 Å². The average Bonchev–Trinajstić information content (AvgIpc) is 3.60. The number of carbonyl (C=O) groups is 1. The van der Waals surface area contributed by atoms with Crippen LogP contribution in [0.4, 0.5) is 5.82 Å². The number of nitrogen functional groups attached to an aromatic ring is 1. The van der Waals surface area contributed by atoms with Gasteiger partial charge in [-0.3, -0.25) is 18.5 Å². The summed E-state index contributed by atoms with van der Waals surface area (Å²) in [4.78, 5) is 52.4. The summed E-state index contributed by atoms with van der Waals surface area (Å²) in [5, 5.41) is 8.63. The molecule has 2 aliphatic heterocycles. The molecule has 43 heavy (non-hydrogen) atoms. The Balaban J connectivity index is 1.30. The van der Waals surface area contributed by atoms with Crippen molar-refractivity contribution < 1.29 is 65.6 Å². The predicted octanol–water partition coefficient (Wildman–Crippen LogP) is 1.57. The number of aromatic nitrogens is 4. The van der Waals surface area contributed by atoms with Crippen LogP contribution >= 0.6 is 23.2 Å². The minimum Gasteiger partial charge on any atom is -0.481 e. The van der Waals surface area contributed by atoms with Crippen LogP contribution in [0.3, 0.4) is 0 Å². The van der Waals surface area contributed by atoms with Crippen molar-refractivity contribution in [3.05, 3.63) is 48.5 Å². The maximum Gasteiger partial charge on any atom is 0.488 e. The second-order valence-corrected chi connectivity index (χ2v) is 14.5. The first-order valence-electron chi connectivity index (χ1n) is 12.4. The fourth-order valence-electron chi connectivity index (χ4n) is 4.49. The molecule has 0 amide bonds. The van der Waals surface area contributed by atoms with Crippen molar-refractivity contribution in [3.8, 4) is 0 Å². The number of hydrogen-bond acceptors (Lipinski definition) is 14. The lowest BCUT2D eigenvalue weighted by atomic mass is 10.1. The normalized spacial score (nSPS) is 27.7. The minimum atomic E-state index is -5.69. The fraction of sp³-hybridized carbons (Fsp3) is 0.429. The van der Waals surface area contributed by atoms with E-state index in [4.69, 9.17) is 29.6 Å². The van der Waals surface area contributed by atoms with Crippen LogP contribution in [0.5, 0.6) is 0 Å². The molecule has 5 rings (SSSR count). The van der Waals surface area contributed by atoms with Gasteiger partial charge >= 0.3 is 29.2 Å². The number of benzene rings is 1. The van der Waals surface area contributed by atoms with Crippen LogP contribution in [0.1, 0.15) is 18.2 Å². The van der Waals surface area contributed by atoms with Crippen LogP contribution < -0.4 is 5.73 Å². The summed E-state index contributed by atoms with van der Waals surface area (Å²) in [6.45, 7) is -0.744. The third-order valence-electron chi connectivity index (χ3n) is 6.26. The fourth-order valence-corrected chi connectivity index (χ4v) is 8.54. The van der Waals surface area contributed by atoms with E-state index in [9.17, 15) is 33.2 Å². The van der Waals surface area contributed by atoms with Crippen molar-refractivity contribution in [3.63, 3.8) is 0 Å².